The standard InChI is InChI=1S/C23H19BrN2O5/c1-30-20-12-15(14-25-26-22(28)21(27)16-6-3-2-4-7-16)10-11-19(20)31-23(29)17-8-5-9-18(24)13-17/h2-14,21,27H,1H3,(H,26,28)/b25-14-/t21-/m0/s1. The van der Waals surface area contributed by atoms with Crippen LogP contribution in [0.5, 0.6) is 11.5 Å². The number of aliphatic hydroxyl groups is 1. The Morgan fingerprint density at radius 3 is 2.52 bits per heavy atom. The number of nitrogens with zero attached hydrogens (tertiary/aromatic N) is 1. The van der Waals surface area contributed by atoms with Crippen molar-refractivity contribution < 1.29 is 24.2 Å². The number of nitrogens with one attached hydrogen (secondary N) is 1. The van der Waals surface area contributed by atoms with Crippen molar-refractivity contribution in [2.24, 2.45) is 5.10 Å². The Labute approximate surface area is 187 Å². The first kappa shape index (κ1) is 22.2. The van der Waals surface area contributed by atoms with Gasteiger partial charge in [0.2, 0.25) is 0 Å². The molecule has 8 heteroatoms. The topological polar surface area (TPSA) is 97.2 Å². The smallest absolute Gasteiger partial charge is 0.343 e. The van der Waals surface area contributed by atoms with Crippen LogP contribution in [-0.4, -0.2) is 30.3 Å². The van der Waals surface area contributed by atoms with Crippen molar-refractivity contribution in [1.29, 1.82) is 0 Å². The number of carbonyl (C=O) groups is 2. The molecular formula is C23H19BrN2O5. The average Bonchev–Trinajstić information content (AvgIpc) is 2.79. The van der Waals surface area contributed by atoms with Gasteiger partial charge in [0.15, 0.2) is 17.6 Å². The maximum Gasteiger partial charge on any atom is 0.343 e. The molecule has 3 aromatic carbocycles. The molecule has 0 spiro atoms. The summed E-state index contributed by atoms with van der Waals surface area (Å²) < 4.78 is 11.5. The number of rotatable bonds is 7. The second-order valence-corrected chi connectivity index (χ2v) is 7.27. The van der Waals surface area contributed by atoms with Crippen LogP contribution in [0.2, 0.25) is 0 Å². The zero-order chi connectivity index (χ0) is 22.2. The van der Waals surface area contributed by atoms with E-state index >= 15 is 0 Å². The molecule has 31 heavy (non-hydrogen) atoms. The summed E-state index contributed by atoms with van der Waals surface area (Å²) in [4.78, 5) is 24.4. The highest BCUT2D eigenvalue weighted by atomic mass is 79.9. The van der Waals surface area contributed by atoms with Crippen molar-refractivity contribution in [2.75, 3.05) is 7.11 Å². The molecule has 158 valence electrons. The van der Waals surface area contributed by atoms with E-state index in [1.54, 1.807) is 66.7 Å². The molecule has 0 radical (unpaired) electrons. The lowest BCUT2D eigenvalue weighted by Crippen LogP contribution is -2.25. The van der Waals surface area contributed by atoms with Gasteiger partial charge in [-0.1, -0.05) is 52.3 Å². The second kappa shape index (κ2) is 10.5. The maximum absolute atomic E-state index is 12.4. The van der Waals surface area contributed by atoms with Crippen LogP contribution in [0.1, 0.15) is 27.6 Å². The van der Waals surface area contributed by atoms with Crippen molar-refractivity contribution in [2.45, 2.75) is 6.10 Å². The third kappa shape index (κ3) is 6.00. The van der Waals surface area contributed by atoms with Gasteiger partial charge in [0.25, 0.3) is 5.91 Å². The molecular weight excluding hydrogens is 464 g/mol. The number of ether oxygens (including phenoxy) is 2. The Morgan fingerprint density at radius 1 is 1.03 bits per heavy atom. The summed E-state index contributed by atoms with van der Waals surface area (Å²) in [5.41, 5.74) is 3.74. The van der Waals surface area contributed by atoms with Gasteiger partial charge in [0.05, 0.1) is 18.9 Å². The third-order valence-electron chi connectivity index (χ3n) is 4.20. The van der Waals surface area contributed by atoms with Crippen LogP contribution in [0.15, 0.2) is 82.4 Å². The fourth-order valence-electron chi connectivity index (χ4n) is 2.64. The van der Waals surface area contributed by atoms with Gasteiger partial charge >= 0.3 is 5.97 Å². The number of methoxy groups -OCH3 is 1. The van der Waals surface area contributed by atoms with Crippen molar-refractivity contribution in [3.63, 3.8) is 0 Å². The SMILES string of the molecule is COc1cc(/C=N\NC(=O)[C@@H](O)c2ccccc2)ccc1OC(=O)c1cccc(Br)c1. The Morgan fingerprint density at radius 2 is 1.81 bits per heavy atom. The quantitative estimate of drug-likeness (QED) is 0.230. The van der Waals surface area contributed by atoms with E-state index in [1.807, 2.05) is 6.07 Å². The van der Waals surface area contributed by atoms with Crippen LogP contribution < -0.4 is 14.9 Å². The summed E-state index contributed by atoms with van der Waals surface area (Å²) in [6, 6.07) is 20.2. The van der Waals surface area contributed by atoms with E-state index in [4.69, 9.17) is 9.47 Å². The number of amides is 1. The number of hydrogen-bond donors (Lipinski definition) is 2. The highest BCUT2D eigenvalue weighted by molar-refractivity contribution is 9.10. The third-order valence-corrected chi connectivity index (χ3v) is 4.70. The van der Waals surface area contributed by atoms with Gasteiger partial charge in [-0.05, 0) is 47.5 Å². The normalized spacial score (nSPS) is 11.7. The molecule has 3 aromatic rings. The highest BCUT2D eigenvalue weighted by Crippen LogP contribution is 2.28. The zero-order valence-corrected chi connectivity index (χ0v) is 18.1. The minimum atomic E-state index is -1.33. The summed E-state index contributed by atoms with van der Waals surface area (Å²) in [5.74, 6) is -0.617. The van der Waals surface area contributed by atoms with Gasteiger partial charge in [0, 0.05) is 4.47 Å². The molecule has 0 unspecified atom stereocenters. The van der Waals surface area contributed by atoms with Crippen molar-refractivity contribution in [1.82, 2.24) is 5.43 Å². The number of hydrazone groups is 1. The van der Waals surface area contributed by atoms with Gasteiger partial charge in [-0.25, -0.2) is 10.2 Å². The lowest BCUT2D eigenvalue weighted by atomic mass is 10.1. The number of carbonyl (C=O) groups excluding carboxylic acids is 2. The molecule has 7 nitrogen and oxygen atoms in total. The Kier molecular flexibility index (Phi) is 7.53. The summed E-state index contributed by atoms with van der Waals surface area (Å²) in [5, 5.41) is 13.9. The van der Waals surface area contributed by atoms with E-state index in [9.17, 15) is 14.7 Å². The molecule has 0 aliphatic heterocycles. The van der Waals surface area contributed by atoms with E-state index in [1.165, 1.54) is 13.3 Å². The van der Waals surface area contributed by atoms with E-state index in [0.29, 0.717) is 22.4 Å². The predicted octanol–water partition coefficient (Wildman–Crippen LogP) is 3.86. The molecule has 0 saturated heterocycles. The molecule has 0 fully saturated rings. The van der Waals surface area contributed by atoms with Crippen LogP contribution in [0.25, 0.3) is 0 Å². The molecule has 1 atom stereocenters. The fourth-order valence-corrected chi connectivity index (χ4v) is 3.04. The monoisotopic (exact) mass is 482 g/mol. The highest BCUT2D eigenvalue weighted by Gasteiger charge is 2.16. The van der Waals surface area contributed by atoms with Gasteiger partial charge in [0.1, 0.15) is 0 Å². The number of hydrogen-bond acceptors (Lipinski definition) is 6. The zero-order valence-electron chi connectivity index (χ0n) is 16.5. The second-order valence-electron chi connectivity index (χ2n) is 6.36. The van der Waals surface area contributed by atoms with Crippen LogP contribution in [0, 0.1) is 0 Å². The van der Waals surface area contributed by atoms with Crippen LogP contribution in [0.3, 0.4) is 0 Å². The van der Waals surface area contributed by atoms with E-state index in [2.05, 4.69) is 26.5 Å². The largest absolute Gasteiger partial charge is 0.493 e. The Bertz CT molecular complexity index is 1100. The minimum Gasteiger partial charge on any atom is -0.493 e. The van der Waals surface area contributed by atoms with E-state index in [0.717, 1.165) is 4.47 Å². The molecule has 0 heterocycles. The number of benzene rings is 3. The van der Waals surface area contributed by atoms with Crippen molar-refractivity contribution >= 4 is 34.0 Å². The van der Waals surface area contributed by atoms with Crippen LogP contribution >= 0.6 is 15.9 Å². The van der Waals surface area contributed by atoms with Crippen molar-refractivity contribution in [3.05, 3.63) is 94.0 Å². The first-order valence-electron chi connectivity index (χ1n) is 9.19. The predicted molar refractivity (Wildman–Crippen MR) is 119 cm³/mol. The maximum atomic E-state index is 12.4. The van der Waals surface area contributed by atoms with E-state index in [-0.39, 0.29) is 5.75 Å². The Hall–Kier alpha value is -3.49. The van der Waals surface area contributed by atoms with Gasteiger partial charge < -0.3 is 14.6 Å². The number of esters is 1. The number of halogens is 1. The summed E-state index contributed by atoms with van der Waals surface area (Å²) in [7, 11) is 1.45. The summed E-state index contributed by atoms with van der Waals surface area (Å²) in [6.07, 6.45) is 0.0607. The molecule has 2 N–H and O–H groups in total. The lowest BCUT2D eigenvalue weighted by Gasteiger charge is -2.10. The van der Waals surface area contributed by atoms with Crippen LogP contribution in [-0.2, 0) is 4.79 Å². The molecule has 0 aromatic heterocycles. The van der Waals surface area contributed by atoms with E-state index < -0.39 is 18.0 Å². The Balaban J connectivity index is 1.65. The lowest BCUT2D eigenvalue weighted by molar-refractivity contribution is -0.129. The first-order valence-corrected chi connectivity index (χ1v) is 9.99. The van der Waals surface area contributed by atoms with Crippen molar-refractivity contribution in [3.8, 4) is 11.5 Å². The molecule has 0 aliphatic carbocycles. The van der Waals surface area contributed by atoms with Gasteiger partial charge in [-0.3, -0.25) is 4.79 Å². The van der Waals surface area contributed by atoms with Gasteiger partial charge in [-0.2, -0.15) is 5.10 Å². The summed E-state index contributed by atoms with van der Waals surface area (Å²) >= 11 is 3.32. The van der Waals surface area contributed by atoms with Crippen LogP contribution in [0.4, 0.5) is 0 Å². The molecule has 3 rings (SSSR count). The first-order chi connectivity index (χ1) is 15.0. The number of aliphatic hydroxyl groups excluding tert-OH is 1. The molecule has 1 amide bonds. The average molecular weight is 483 g/mol. The fraction of sp³-hybridized carbons (Fsp3) is 0.0870. The summed E-state index contributed by atoms with van der Waals surface area (Å²) in [6.45, 7) is 0. The molecule has 0 saturated carbocycles. The molecule has 0 bridgehead atoms. The van der Waals surface area contributed by atoms with Gasteiger partial charge in [-0.15, -0.1) is 0 Å². The molecule has 0 aliphatic rings. The minimum absolute atomic E-state index is 0.244.